The topological polar surface area (TPSA) is 20.3 Å². The maximum absolute atomic E-state index is 10.8. The maximum Gasteiger partial charge on any atom is 0.150 e. The number of carbonyl (C=O) groups excluding carboxylic acids is 1. The number of benzene rings is 1. The van der Waals surface area contributed by atoms with Crippen LogP contribution in [0, 0.1) is 18.8 Å². The molecule has 1 aliphatic heterocycles. The molecule has 98 valence electrons. The van der Waals surface area contributed by atoms with Crippen molar-refractivity contribution in [3.63, 3.8) is 0 Å². The highest BCUT2D eigenvalue weighted by Gasteiger charge is 2.21. The molecule has 18 heavy (non-hydrogen) atoms. The molecule has 0 bridgehead atoms. The SMILES string of the molecule is Cc1cc(N2CCC(C(C)C)CC2)ccc1C=O. The first-order valence-electron chi connectivity index (χ1n) is 6.92. The highest BCUT2D eigenvalue weighted by molar-refractivity contribution is 5.78. The third kappa shape index (κ3) is 2.74. The lowest BCUT2D eigenvalue weighted by Gasteiger charge is -2.35. The van der Waals surface area contributed by atoms with E-state index in [0.717, 1.165) is 42.3 Å². The van der Waals surface area contributed by atoms with Crippen molar-refractivity contribution in [1.29, 1.82) is 0 Å². The summed E-state index contributed by atoms with van der Waals surface area (Å²) in [6.45, 7) is 8.94. The number of nitrogens with zero attached hydrogens (tertiary/aromatic N) is 1. The number of carbonyl (C=O) groups is 1. The molecule has 0 aliphatic carbocycles. The van der Waals surface area contributed by atoms with Gasteiger partial charge in [0.1, 0.15) is 6.29 Å². The minimum atomic E-state index is 0.798. The minimum Gasteiger partial charge on any atom is -0.372 e. The second-order valence-electron chi connectivity index (χ2n) is 5.73. The van der Waals surface area contributed by atoms with E-state index in [2.05, 4.69) is 30.9 Å². The highest BCUT2D eigenvalue weighted by Crippen LogP contribution is 2.28. The zero-order valence-electron chi connectivity index (χ0n) is 11.6. The molecule has 1 aromatic carbocycles. The Morgan fingerprint density at radius 2 is 1.94 bits per heavy atom. The van der Waals surface area contributed by atoms with Gasteiger partial charge in [0.05, 0.1) is 0 Å². The molecule has 0 saturated carbocycles. The zero-order chi connectivity index (χ0) is 13.1. The molecule has 1 heterocycles. The van der Waals surface area contributed by atoms with Gasteiger partial charge in [-0.1, -0.05) is 13.8 Å². The average Bonchev–Trinajstić information content (AvgIpc) is 2.38. The molecule has 0 radical (unpaired) electrons. The number of aldehydes is 1. The van der Waals surface area contributed by atoms with Crippen molar-refractivity contribution in [1.82, 2.24) is 0 Å². The summed E-state index contributed by atoms with van der Waals surface area (Å²) in [5.41, 5.74) is 3.14. The Morgan fingerprint density at radius 1 is 1.28 bits per heavy atom. The Bertz CT molecular complexity index is 417. The molecular formula is C16H23NO. The molecule has 0 spiro atoms. The van der Waals surface area contributed by atoms with Crippen LogP contribution in [0.15, 0.2) is 18.2 Å². The third-order valence-corrected chi connectivity index (χ3v) is 4.23. The van der Waals surface area contributed by atoms with Gasteiger partial charge in [-0.25, -0.2) is 0 Å². The van der Waals surface area contributed by atoms with Gasteiger partial charge < -0.3 is 4.90 Å². The Labute approximate surface area is 110 Å². The number of hydrogen-bond donors (Lipinski definition) is 0. The fourth-order valence-corrected chi connectivity index (χ4v) is 2.81. The lowest BCUT2D eigenvalue weighted by atomic mass is 9.86. The number of hydrogen-bond acceptors (Lipinski definition) is 2. The second-order valence-corrected chi connectivity index (χ2v) is 5.73. The Kier molecular flexibility index (Phi) is 4.05. The van der Waals surface area contributed by atoms with E-state index in [0.29, 0.717) is 0 Å². The van der Waals surface area contributed by atoms with E-state index in [-0.39, 0.29) is 0 Å². The van der Waals surface area contributed by atoms with Crippen LogP contribution in [0.4, 0.5) is 5.69 Å². The van der Waals surface area contributed by atoms with E-state index >= 15 is 0 Å². The molecule has 0 N–H and O–H groups in total. The van der Waals surface area contributed by atoms with Gasteiger partial charge in [-0.3, -0.25) is 4.79 Å². The summed E-state index contributed by atoms with van der Waals surface area (Å²) in [6, 6.07) is 6.15. The number of aryl methyl sites for hydroxylation is 1. The molecule has 2 rings (SSSR count). The fraction of sp³-hybridized carbons (Fsp3) is 0.562. The van der Waals surface area contributed by atoms with E-state index in [9.17, 15) is 4.79 Å². The first kappa shape index (κ1) is 13.1. The summed E-state index contributed by atoms with van der Waals surface area (Å²) in [6.07, 6.45) is 3.50. The third-order valence-electron chi connectivity index (χ3n) is 4.23. The minimum absolute atomic E-state index is 0.798. The summed E-state index contributed by atoms with van der Waals surface area (Å²) in [4.78, 5) is 13.3. The van der Waals surface area contributed by atoms with E-state index in [4.69, 9.17) is 0 Å². The maximum atomic E-state index is 10.8. The molecule has 2 heteroatoms. The first-order chi connectivity index (χ1) is 8.61. The van der Waals surface area contributed by atoms with Crippen LogP contribution in [-0.4, -0.2) is 19.4 Å². The van der Waals surface area contributed by atoms with Crippen molar-refractivity contribution < 1.29 is 4.79 Å². The standard InChI is InChI=1S/C16H23NO/c1-12(2)14-6-8-17(9-7-14)16-5-4-15(11-18)13(3)10-16/h4-5,10-12,14H,6-9H2,1-3H3. The number of piperidine rings is 1. The fourth-order valence-electron chi connectivity index (χ4n) is 2.81. The quantitative estimate of drug-likeness (QED) is 0.757. The van der Waals surface area contributed by atoms with Crippen LogP contribution in [0.25, 0.3) is 0 Å². The zero-order valence-corrected chi connectivity index (χ0v) is 11.6. The molecular weight excluding hydrogens is 222 g/mol. The molecule has 0 atom stereocenters. The summed E-state index contributed by atoms with van der Waals surface area (Å²) in [5, 5.41) is 0. The van der Waals surface area contributed by atoms with Crippen molar-refractivity contribution in [3.05, 3.63) is 29.3 Å². The Balaban J connectivity index is 2.05. The lowest BCUT2D eigenvalue weighted by molar-refractivity contribution is 0.112. The summed E-state index contributed by atoms with van der Waals surface area (Å²) >= 11 is 0. The predicted octanol–water partition coefficient (Wildman–Crippen LogP) is 3.68. The summed E-state index contributed by atoms with van der Waals surface area (Å²) < 4.78 is 0. The predicted molar refractivity (Wildman–Crippen MR) is 76.3 cm³/mol. The van der Waals surface area contributed by atoms with Crippen LogP contribution >= 0.6 is 0 Å². The van der Waals surface area contributed by atoms with Crippen LogP contribution in [0.1, 0.15) is 42.6 Å². The van der Waals surface area contributed by atoms with Gasteiger partial charge >= 0.3 is 0 Å². The molecule has 2 nitrogen and oxygen atoms in total. The van der Waals surface area contributed by atoms with Gasteiger partial charge in [0.2, 0.25) is 0 Å². The van der Waals surface area contributed by atoms with E-state index in [1.165, 1.54) is 18.5 Å². The van der Waals surface area contributed by atoms with Crippen molar-refractivity contribution in [2.75, 3.05) is 18.0 Å². The smallest absolute Gasteiger partial charge is 0.150 e. The second kappa shape index (κ2) is 5.55. The average molecular weight is 245 g/mol. The molecule has 1 fully saturated rings. The summed E-state index contributed by atoms with van der Waals surface area (Å²) in [5.74, 6) is 1.67. The van der Waals surface area contributed by atoms with Crippen LogP contribution in [-0.2, 0) is 0 Å². The van der Waals surface area contributed by atoms with Crippen molar-refractivity contribution in [2.45, 2.75) is 33.6 Å². The van der Waals surface area contributed by atoms with Crippen LogP contribution in [0.3, 0.4) is 0 Å². The van der Waals surface area contributed by atoms with E-state index < -0.39 is 0 Å². The molecule has 1 saturated heterocycles. The highest BCUT2D eigenvalue weighted by atomic mass is 16.1. The Morgan fingerprint density at radius 3 is 2.44 bits per heavy atom. The largest absolute Gasteiger partial charge is 0.372 e. The number of rotatable bonds is 3. The molecule has 0 aromatic heterocycles. The van der Waals surface area contributed by atoms with E-state index in [1.807, 2.05) is 13.0 Å². The van der Waals surface area contributed by atoms with Gasteiger partial charge in [-0.15, -0.1) is 0 Å². The first-order valence-corrected chi connectivity index (χ1v) is 6.92. The van der Waals surface area contributed by atoms with Crippen molar-refractivity contribution in [2.24, 2.45) is 11.8 Å². The van der Waals surface area contributed by atoms with Gasteiger partial charge in [-0.05, 0) is 55.4 Å². The lowest BCUT2D eigenvalue weighted by Crippen LogP contribution is -2.35. The van der Waals surface area contributed by atoms with Gasteiger partial charge in [-0.2, -0.15) is 0 Å². The summed E-state index contributed by atoms with van der Waals surface area (Å²) in [7, 11) is 0. The Hall–Kier alpha value is -1.31. The van der Waals surface area contributed by atoms with E-state index in [1.54, 1.807) is 0 Å². The van der Waals surface area contributed by atoms with Crippen LogP contribution < -0.4 is 4.90 Å². The monoisotopic (exact) mass is 245 g/mol. The van der Waals surface area contributed by atoms with Gasteiger partial charge in [0.25, 0.3) is 0 Å². The number of anilines is 1. The molecule has 0 amide bonds. The van der Waals surface area contributed by atoms with Crippen LogP contribution in [0.2, 0.25) is 0 Å². The van der Waals surface area contributed by atoms with Crippen molar-refractivity contribution in [3.8, 4) is 0 Å². The molecule has 1 aliphatic rings. The van der Waals surface area contributed by atoms with Crippen LogP contribution in [0.5, 0.6) is 0 Å². The molecule has 0 unspecified atom stereocenters. The molecule has 1 aromatic rings. The van der Waals surface area contributed by atoms with Gasteiger partial charge in [0, 0.05) is 24.3 Å². The van der Waals surface area contributed by atoms with Crippen molar-refractivity contribution >= 4 is 12.0 Å². The normalized spacial score (nSPS) is 17.2. The van der Waals surface area contributed by atoms with Gasteiger partial charge in [0.15, 0.2) is 0 Å².